The zero-order valence-corrected chi connectivity index (χ0v) is 26.3. The van der Waals surface area contributed by atoms with Crippen LogP contribution in [0, 0.1) is 16.7 Å². The highest BCUT2D eigenvalue weighted by atomic mass is 15.1. The first-order chi connectivity index (χ1) is 21.0. The lowest BCUT2D eigenvalue weighted by Gasteiger charge is -2.44. The Labute approximate surface area is 260 Å². The van der Waals surface area contributed by atoms with E-state index in [2.05, 4.69) is 143 Å². The van der Waals surface area contributed by atoms with Crippen molar-refractivity contribution in [3.05, 3.63) is 132 Å². The summed E-state index contributed by atoms with van der Waals surface area (Å²) in [6.45, 7) is 14.4. The fourth-order valence-electron chi connectivity index (χ4n) is 7.15. The van der Waals surface area contributed by atoms with Gasteiger partial charge in [-0.2, -0.15) is 5.26 Å². The number of fused-ring (bicyclic) bond motifs is 2. The van der Waals surface area contributed by atoms with Gasteiger partial charge in [0.1, 0.15) is 5.82 Å². The summed E-state index contributed by atoms with van der Waals surface area (Å²) in [6, 6.07) is 42.8. The quantitative estimate of drug-likeness (QED) is 0.211. The summed E-state index contributed by atoms with van der Waals surface area (Å²) in [5.74, 6) is 0.932. The SMILES string of the molecule is CC1(C)c2cc(-c3ccc(C#N)cc3)c(-c3ccc(-n4c(-c5ccccc5)nc5ccccc54)cc3)cc2C(C)(C)C1(C)C. The van der Waals surface area contributed by atoms with Crippen LogP contribution in [0.4, 0.5) is 0 Å². The van der Waals surface area contributed by atoms with Crippen LogP contribution in [0.5, 0.6) is 0 Å². The number of benzene rings is 5. The van der Waals surface area contributed by atoms with Crippen molar-refractivity contribution in [2.75, 3.05) is 0 Å². The van der Waals surface area contributed by atoms with E-state index in [1.54, 1.807) is 0 Å². The van der Waals surface area contributed by atoms with Gasteiger partial charge in [0.2, 0.25) is 0 Å². The van der Waals surface area contributed by atoms with Crippen LogP contribution in [0.1, 0.15) is 58.2 Å². The molecular formula is C41H37N3. The molecule has 1 heterocycles. The Kier molecular flexibility index (Phi) is 6.20. The molecule has 0 spiro atoms. The Morgan fingerprint density at radius 3 is 1.68 bits per heavy atom. The Morgan fingerprint density at radius 1 is 0.591 bits per heavy atom. The van der Waals surface area contributed by atoms with E-state index in [-0.39, 0.29) is 16.2 Å². The minimum Gasteiger partial charge on any atom is -0.292 e. The number of aromatic nitrogens is 2. The molecule has 0 bridgehead atoms. The zero-order chi connectivity index (χ0) is 30.9. The molecule has 7 rings (SSSR count). The van der Waals surface area contributed by atoms with Crippen LogP contribution in [-0.2, 0) is 10.8 Å². The number of hydrogen-bond acceptors (Lipinski definition) is 2. The summed E-state index contributed by atoms with van der Waals surface area (Å²) >= 11 is 0. The Morgan fingerprint density at radius 2 is 1.11 bits per heavy atom. The van der Waals surface area contributed by atoms with Gasteiger partial charge in [-0.15, -0.1) is 0 Å². The fraction of sp³-hybridized carbons (Fsp3) is 0.220. The lowest BCUT2D eigenvalue weighted by atomic mass is 9.59. The van der Waals surface area contributed by atoms with E-state index in [0.29, 0.717) is 5.56 Å². The van der Waals surface area contributed by atoms with Gasteiger partial charge < -0.3 is 0 Å². The van der Waals surface area contributed by atoms with Gasteiger partial charge in [0.15, 0.2) is 0 Å². The third-order valence-corrected chi connectivity index (χ3v) is 11.0. The molecule has 0 saturated carbocycles. The molecule has 1 aromatic heterocycles. The first-order valence-corrected chi connectivity index (χ1v) is 15.4. The van der Waals surface area contributed by atoms with Gasteiger partial charge >= 0.3 is 0 Å². The summed E-state index contributed by atoms with van der Waals surface area (Å²) in [6.07, 6.45) is 0. The highest BCUT2D eigenvalue weighted by Crippen LogP contribution is 2.62. The highest BCUT2D eigenvalue weighted by Gasteiger charge is 2.57. The first-order valence-electron chi connectivity index (χ1n) is 15.4. The molecule has 216 valence electrons. The summed E-state index contributed by atoms with van der Waals surface area (Å²) in [5.41, 5.74) is 12.4. The lowest BCUT2D eigenvalue weighted by Crippen LogP contribution is -2.42. The van der Waals surface area contributed by atoms with E-state index in [1.807, 2.05) is 24.3 Å². The maximum Gasteiger partial charge on any atom is 0.145 e. The lowest BCUT2D eigenvalue weighted by molar-refractivity contribution is 0.125. The van der Waals surface area contributed by atoms with Crippen LogP contribution >= 0.6 is 0 Å². The average Bonchev–Trinajstić information content (AvgIpc) is 3.48. The summed E-state index contributed by atoms with van der Waals surface area (Å²) < 4.78 is 2.26. The van der Waals surface area contributed by atoms with Gasteiger partial charge in [-0.25, -0.2) is 4.98 Å². The van der Waals surface area contributed by atoms with Crippen molar-refractivity contribution in [1.29, 1.82) is 5.26 Å². The standard InChI is InChI=1S/C41H37N3/c1-39(2)34-24-32(28-18-16-27(26-42)17-19-28)33(25-35(34)40(3,4)41(39,5)6)29-20-22-31(23-21-29)44-37-15-11-10-14-36(37)43-38(44)30-12-8-7-9-13-30/h7-25H,1-6H3. The number of nitriles is 1. The molecule has 0 N–H and O–H groups in total. The van der Waals surface area contributed by atoms with Gasteiger partial charge in [0.05, 0.1) is 22.7 Å². The van der Waals surface area contributed by atoms with Gasteiger partial charge in [0.25, 0.3) is 0 Å². The molecule has 0 unspecified atom stereocenters. The third-order valence-electron chi connectivity index (χ3n) is 11.0. The van der Waals surface area contributed by atoms with Crippen LogP contribution in [0.15, 0.2) is 115 Å². The number of rotatable bonds is 4. The largest absolute Gasteiger partial charge is 0.292 e. The third kappa shape index (κ3) is 3.98. The van der Waals surface area contributed by atoms with E-state index < -0.39 is 0 Å². The van der Waals surface area contributed by atoms with E-state index in [9.17, 15) is 5.26 Å². The van der Waals surface area contributed by atoms with Gasteiger partial charge in [-0.05, 0) is 98.2 Å². The number of para-hydroxylation sites is 2. The van der Waals surface area contributed by atoms with Crippen LogP contribution in [0.25, 0.3) is 50.4 Å². The maximum absolute atomic E-state index is 9.45. The monoisotopic (exact) mass is 571 g/mol. The van der Waals surface area contributed by atoms with Crippen LogP contribution < -0.4 is 0 Å². The molecule has 0 fully saturated rings. The number of hydrogen-bond donors (Lipinski definition) is 0. The van der Waals surface area contributed by atoms with Crippen molar-refractivity contribution >= 4 is 11.0 Å². The second kappa shape index (κ2) is 9.79. The Hall–Kier alpha value is -4.94. The Bertz CT molecular complexity index is 2070. The van der Waals surface area contributed by atoms with Crippen molar-refractivity contribution in [3.63, 3.8) is 0 Å². The summed E-state index contributed by atoms with van der Waals surface area (Å²) in [7, 11) is 0. The van der Waals surface area contributed by atoms with E-state index in [0.717, 1.165) is 33.7 Å². The van der Waals surface area contributed by atoms with E-state index in [1.165, 1.54) is 27.8 Å². The molecular weight excluding hydrogens is 534 g/mol. The molecule has 0 atom stereocenters. The fourth-order valence-corrected chi connectivity index (χ4v) is 7.15. The normalized spacial score (nSPS) is 16.0. The van der Waals surface area contributed by atoms with Crippen molar-refractivity contribution in [1.82, 2.24) is 9.55 Å². The molecule has 6 aromatic rings. The first kappa shape index (κ1) is 27.9. The van der Waals surface area contributed by atoms with Crippen LogP contribution in [0.3, 0.4) is 0 Å². The molecule has 0 aliphatic heterocycles. The zero-order valence-electron chi connectivity index (χ0n) is 26.3. The van der Waals surface area contributed by atoms with Crippen molar-refractivity contribution < 1.29 is 0 Å². The van der Waals surface area contributed by atoms with Gasteiger partial charge in [0, 0.05) is 11.3 Å². The van der Waals surface area contributed by atoms with Crippen LogP contribution in [-0.4, -0.2) is 9.55 Å². The van der Waals surface area contributed by atoms with E-state index >= 15 is 0 Å². The van der Waals surface area contributed by atoms with Gasteiger partial charge in [-0.1, -0.05) is 108 Å². The van der Waals surface area contributed by atoms with Gasteiger partial charge in [-0.3, -0.25) is 4.57 Å². The minimum atomic E-state index is -0.00989. The topological polar surface area (TPSA) is 41.6 Å². The van der Waals surface area contributed by atoms with Crippen molar-refractivity contribution in [2.45, 2.75) is 52.4 Å². The predicted molar refractivity (Wildman–Crippen MR) is 182 cm³/mol. The Balaban J connectivity index is 1.42. The molecule has 0 radical (unpaired) electrons. The van der Waals surface area contributed by atoms with Crippen molar-refractivity contribution in [2.24, 2.45) is 5.41 Å². The summed E-state index contributed by atoms with van der Waals surface area (Å²) in [4.78, 5) is 5.03. The molecule has 0 amide bonds. The maximum atomic E-state index is 9.45. The number of nitrogens with zero attached hydrogens (tertiary/aromatic N) is 3. The molecule has 3 nitrogen and oxygen atoms in total. The van der Waals surface area contributed by atoms with Crippen molar-refractivity contribution in [3.8, 4) is 45.4 Å². The number of imidazole rings is 1. The molecule has 3 heteroatoms. The molecule has 0 saturated heterocycles. The molecule has 5 aromatic carbocycles. The second-order valence-corrected chi connectivity index (χ2v) is 13.7. The molecule has 44 heavy (non-hydrogen) atoms. The summed E-state index contributed by atoms with van der Waals surface area (Å²) in [5, 5.41) is 9.45. The second-order valence-electron chi connectivity index (χ2n) is 13.7. The molecule has 1 aliphatic rings. The highest BCUT2D eigenvalue weighted by molar-refractivity contribution is 5.87. The molecule has 1 aliphatic carbocycles. The average molecular weight is 572 g/mol. The minimum absolute atomic E-state index is 0.00805. The predicted octanol–water partition coefficient (Wildman–Crippen LogP) is 10.5. The smallest absolute Gasteiger partial charge is 0.145 e. The van der Waals surface area contributed by atoms with Crippen LogP contribution in [0.2, 0.25) is 0 Å². The van der Waals surface area contributed by atoms with E-state index in [4.69, 9.17) is 4.98 Å².